The molecule has 16 heavy (non-hydrogen) atoms. The Hall–Kier alpha value is -1.29. The molecule has 84 valence electrons. The van der Waals surface area contributed by atoms with Gasteiger partial charge < -0.3 is 9.73 Å². The summed E-state index contributed by atoms with van der Waals surface area (Å²) in [5.74, 6) is 1.79. The third kappa shape index (κ3) is 2.44. The van der Waals surface area contributed by atoms with E-state index in [0.29, 0.717) is 0 Å². The van der Waals surface area contributed by atoms with Crippen LogP contribution in [0.2, 0.25) is 0 Å². The maximum absolute atomic E-state index is 5.33. The van der Waals surface area contributed by atoms with Crippen LogP contribution in [-0.2, 0) is 0 Å². The third-order valence-electron chi connectivity index (χ3n) is 2.37. The van der Waals surface area contributed by atoms with Gasteiger partial charge in [-0.25, -0.2) is 4.98 Å². The molecule has 0 spiro atoms. The van der Waals surface area contributed by atoms with Gasteiger partial charge in [-0.1, -0.05) is 0 Å². The predicted molar refractivity (Wildman–Crippen MR) is 67.4 cm³/mol. The summed E-state index contributed by atoms with van der Waals surface area (Å²) in [4.78, 5) is 4.33. The first-order valence-corrected chi connectivity index (χ1v) is 5.88. The zero-order chi connectivity index (χ0) is 11.5. The van der Waals surface area contributed by atoms with Crippen molar-refractivity contribution in [1.82, 2.24) is 4.98 Å². The molecule has 0 aliphatic heterocycles. The largest absolute Gasteiger partial charge is 0.467 e. The number of hydrogen-bond donors (Lipinski definition) is 1. The van der Waals surface area contributed by atoms with Crippen LogP contribution in [-0.4, -0.2) is 4.98 Å². The van der Waals surface area contributed by atoms with Gasteiger partial charge in [-0.05, 0) is 53.5 Å². The van der Waals surface area contributed by atoms with Crippen LogP contribution in [0.1, 0.15) is 24.3 Å². The molecule has 0 bridgehead atoms. The number of nitrogens with one attached hydrogen (secondary N) is 1. The number of aryl methyl sites for hydroxylation is 1. The average Bonchev–Trinajstić information content (AvgIpc) is 2.75. The Morgan fingerprint density at radius 3 is 2.94 bits per heavy atom. The minimum absolute atomic E-state index is 0.113. The van der Waals surface area contributed by atoms with E-state index in [0.717, 1.165) is 21.6 Å². The van der Waals surface area contributed by atoms with Crippen molar-refractivity contribution in [2.24, 2.45) is 0 Å². The van der Waals surface area contributed by atoms with Crippen LogP contribution >= 0.6 is 15.9 Å². The molecule has 2 heterocycles. The maximum atomic E-state index is 5.33. The standard InChI is InChI=1S/C12H13BrN2O/c1-8-6-10(13)7-14-12(8)15-9(2)11-4-3-5-16-11/h3-7,9H,1-2H3,(H,14,15). The fraction of sp³-hybridized carbons (Fsp3) is 0.250. The van der Waals surface area contributed by atoms with E-state index in [-0.39, 0.29) is 6.04 Å². The summed E-state index contributed by atoms with van der Waals surface area (Å²) in [5.41, 5.74) is 1.10. The SMILES string of the molecule is Cc1cc(Br)cnc1NC(C)c1ccco1. The van der Waals surface area contributed by atoms with Crippen LogP contribution in [0.15, 0.2) is 39.5 Å². The van der Waals surface area contributed by atoms with Gasteiger partial charge in [-0.15, -0.1) is 0 Å². The van der Waals surface area contributed by atoms with Gasteiger partial charge in [0.15, 0.2) is 0 Å². The Labute approximate surface area is 103 Å². The number of aromatic nitrogens is 1. The van der Waals surface area contributed by atoms with Gasteiger partial charge in [0.25, 0.3) is 0 Å². The molecule has 0 saturated carbocycles. The van der Waals surface area contributed by atoms with Crippen LogP contribution < -0.4 is 5.32 Å². The topological polar surface area (TPSA) is 38.1 Å². The lowest BCUT2D eigenvalue weighted by Gasteiger charge is -2.13. The van der Waals surface area contributed by atoms with E-state index in [1.54, 1.807) is 12.5 Å². The summed E-state index contributed by atoms with van der Waals surface area (Å²) in [6.07, 6.45) is 3.46. The van der Waals surface area contributed by atoms with Gasteiger partial charge in [0, 0.05) is 10.7 Å². The second-order valence-electron chi connectivity index (χ2n) is 3.70. The lowest BCUT2D eigenvalue weighted by Crippen LogP contribution is -2.08. The number of furan rings is 1. The Morgan fingerprint density at radius 2 is 2.31 bits per heavy atom. The highest BCUT2D eigenvalue weighted by Gasteiger charge is 2.09. The molecule has 1 N–H and O–H groups in total. The van der Waals surface area contributed by atoms with Crippen molar-refractivity contribution in [3.8, 4) is 0 Å². The maximum Gasteiger partial charge on any atom is 0.129 e. The first kappa shape index (κ1) is 11.2. The van der Waals surface area contributed by atoms with Crippen molar-refractivity contribution in [1.29, 1.82) is 0 Å². The number of pyridine rings is 1. The minimum atomic E-state index is 0.113. The number of halogens is 1. The highest BCUT2D eigenvalue weighted by Crippen LogP contribution is 2.22. The third-order valence-corrected chi connectivity index (χ3v) is 2.80. The molecule has 0 radical (unpaired) electrons. The first-order chi connectivity index (χ1) is 7.66. The van der Waals surface area contributed by atoms with Gasteiger partial charge in [-0.3, -0.25) is 0 Å². The lowest BCUT2D eigenvalue weighted by molar-refractivity contribution is 0.490. The molecule has 0 aliphatic rings. The molecule has 2 aromatic heterocycles. The molecule has 0 saturated heterocycles. The normalized spacial score (nSPS) is 12.4. The monoisotopic (exact) mass is 280 g/mol. The smallest absolute Gasteiger partial charge is 0.129 e. The molecule has 0 aliphatic carbocycles. The second kappa shape index (κ2) is 4.70. The summed E-state index contributed by atoms with van der Waals surface area (Å²) in [6, 6.07) is 5.98. The average molecular weight is 281 g/mol. The molecular formula is C12H13BrN2O. The quantitative estimate of drug-likeness (QED) is 0.926. The van der Waals surface area contributed by atoms with E-state index in [2.05, 4.69) is 26.2 Å². The van der Waals surface area contributed by atoms with E-state index in [1.807, 2.05) is 32.0 Å². The van der Waals surface area contributed by atoms with Crippen LogP contribution in [0.4, 0.5) is 5.82 Å². The zero-order valence-corrected chi connectivity index (χ0v) is 10.8. The summed E-state index contributed by atoms with van der Waals surface area (Å²) < 4.78 is 6.32. The van der Waals surface area contributed by atoms with Gasteiger partial charge in [0.1, 0.15) is 11.6 Å². The van der Waals surface area contributed by atoms with Crippen LogP contribution in [0.25, 0.3) is 0 Å². The van der Waals surface area contributed by atoms with Crippen molar-refractivity contribution in [3.05, 3.63) is 46.5 Å². The summed E-state index contributed by atoms with van der Waals surface area (Å²) in [6.45, 7) is 4.07. The molecular weight excluding hydrogens is 268 g/mol. The van der Waals surface area contributed by atoms with E-state index >= 15 is 0 Å². The van der Waals surface area contributed by atoms with Gasteiger partial charge in [0.2, 0.25) is 0 Å². The second-order valence-corrected chi connectivity index (χ2v) is 4.62. The highest BCUT2D eigenvalue weighted by atomic mass is 79.9. The molecule has 0 fully saturated rings. The minimum Gasteiger partial charge on any atom is -0.467 e. The molecule has 4 heteroatoms. The van der Waals surface area contributed by atoms with Crippen LogP contribution in [0, 0.1) is 6.92 Å². The first-order valence-electron chi connectivity index (χ1n) is 5.09. The summed E-state index contributed by atoms with van der Waals surface area (Å²) in [5, 5.41) is 3.31. The van der Waals surface area contributed by atoms with E-state index in [9.17, 15) is 0 Å². The molecule has 3 nitrogen and oxygen atoms in total. The van der Waals surface area contributed by atoms with Crippen LogP contribution in [0.5, 0.6) is 0 Å². The Kier molecular flexibility index (Phi) is 3.29. The Morgan fingerprint density at radius 1 is 1.50 bits per heavy atom. The molecule has 0 amide bonds. The highest BCUT2D eigenvalue weighted by molar-refractivity contribution is 9.10. The van der Waals surface area contributed by atoms with Crippen molar-refractivity contribution < 1.29 is 4.42 Å². The van der Waals surface area contributed by atoms with E-state index in [4.69, 9.17) is 4.42 Å². The summed E-state index contributed by atoms with van der Waals surface area (Å²) in [7, 11) is 0. The van der Waals surface area contributed by atoms with E-state index in [1.165, 1.54) is 0 Å². The zero-order valence-electron chi connectivity index (χ0n) is 9.20. The lowest BCUT2D eigenvalue weighted by atomic mass is 10.2. The van der Waals surface area contributed by atoms with Crippen LogP contribution in [0.3, 0.4) is 0 Å². The van der Waals surface area contributed by atoms with Crippen molar-refractivity contribution >= 4 is 21.7 Å². The van der Waals surface area contributed by atoms with Gasteiger partial charge in [0.05, 0.1) is 12.3 Å². The molecule has 2 aromatic rings. The molecule has 1 atom stereocenters. The number of anilines is 1. The Balaban J connectivity index is 2.15. The van der Waals surface area contributed by atoms with Gasteiger partial charge >= 0.3 is 0 Å². The fourth-order valence-corrected chi connectivity index (χ4v) is 1.95. The fourth-order valence-electron chi connectivity index (χ4n) is 1.51. The van der Waals surface area contributed by atoms with Crippen molar-refractivity contribution in [3.63, 3.8) is 0 Å². The van der Waals surface area contributed by atoms with Crippen molar-refractivity contribution in [2.75, 3.05) is 5.32 Å². The number of rotatable bonds is 3. The number of nitrogens with zero attached hydrogens (tertiary/aromatic N) is 1. The molecule has 1 unspecified atom stereocenters. The van der Waals surface area contributed by atoms with Crippen molar-refractivity contribution in [2.45, 2.75) is 19.9 Å². The molecule has 0 aromatic carbocycles. The summed E-state index contributed by atoms with van der Waals surface area (Å²) >= 11 is 3.39. The predicted octanol–water partition coefficient (Wildman–Crippen LogP) is 3.92. The van der Waals surface area contributed by atoms with E-state index < -0.39 is 0 Å². The molecule has 2 rings (SSSR count). The Bertz CT molecular complexity index is 468. The van der Waals surface area contributed by atoms with Gasteiger partial charge in [-0.2, -0.15) is 0 Å². The number of hydrogen-bond acceptors (Lipinski definition) is 3.